The molecule has 0 atom stereocenters. The number of hydrogen-bond donors (Lipinski definition) is 2. The smallest absolute Gasteiger partial charge is 0.411 e. The summed E-state index contributed by atoms with van der Waals surface area (Å²) in [7, 11) is 1.65. The second kappa shape index (κ2) is 4.83. The van der Waals surface area contributed by atoms with Crippen LogP contribution in [0.1, 0.15) is 0 Å². The maximum absolute atomic E-state index is 11.0. The Morgan fingerprint density at radius 3 is 3.07 bits per heavy atom. The van der Waals surface area contributed by atoms with Crippen LogP contribution in [0.3, 0.4) is 0 Å². The third-order valence-electron chi connectivity index (χ3n) is 1.43. The van der Waals surface area contributed by atoms with E-state index in [0.29, 0.717) is 10.8 Å². The lowest BCUT2D eigenvalue weighted by Crippen LogP contribution is -2.15. The molecule has 0 saturated carbocycles. The van der Waals surface area contributed by atoms with Crippen molar-refractivity contribution in [1.29, 1.82) is 0 Å². The van der Waals surface area contributed by atoms with Gasteiger partial charge in [0.1, 0.15) is 12.3 Å². The molecule has 0 radical (unpaired) electrons. The van der Waals surface area contributed by atoms with Gasteiger partial charge in [0.15, 0.2) is 5.15 Å². The summed E-state index contributed by atoms with van der Waals surface area (Å²) in [6, 6.07) is 0. The molecule has 2 N–H and O–H groups in total. The Hall–Kier alpha value is -1.27. The lowest BCUT2D eigenvalue weighted by atomic mass is 10.6. The average molecular weight is 220 g/mol. The van der Waals surface area contributed by atoms with E-state index in [1.807, 2.05) is 0 Å². The molecule has 6 nitrogen and oxygen atoms in total. The number of hydrogen-bond acceptors (Lipinski definition) is 4. The van der Waals surface area contributed by atoms with Gasteiger partial charge in [-0.05, 0) is 0 Å². The Morgan fingerprint density at radius 2 is 2.57 bits per heavy atom. The molecular weight excluding hydrogens is 210 g/mol. The SMILES string of the molecule is Cn1ncc(NC(=O)OCCO)c1Cl. The zero-order valence-corrected chi connectivity index (χ0v) is 8.28. The lowest BCUT2D eigenvalue weighted by molar-refractivity contribution is 0.131. The van der Waals surface area contributed by atoms with Gasteiger partial charge in [0.25, 0.3) is 0 Å². The molecule has 14 heavy (non-hydrogen) atoms. The number of nitrogens with one attached hydrogen (secondary N) is 1. The molecular formula is C7H10ClN3O3. The van der Waals surface area contributed by atoms with Crippen LogP contribution in [-0.4, -0.2) is 34.2 Å². The summed E-state index contributed by atoms with van der Waals surface area (Å²) >= 11 is 5.77. The van der Waals surface area contributed by atoms with E-state index in [-0.39, 0.29) is 13.2 Å². The molecule has 78 valence electrons. The van der Waals surface area contributed by atoms with E-state index in [1.165, 1.54) is 10.9 Å². The van der Waals surface area contributed by atoms with E-state index in [0.717, 1.165) is 0 Å². The average Bonchev–Trinajstić information content (AvgIpc) is 2.46. The van der Waals surface area contributed by atoms with E-state index in [1.54, 1.807) is 7.05 Å². The van der Waals surface area contributed by atoms with Crippen molar-refractivity contribution in [3.8, 4) is 0 Å². The summed E-state index contributed by atoms with van der Waals surface area (Å²) in [6.07, 6.45) is 0.733. The van der Waals surface area contributed by atoms with Gasteiger partial charge in [-0.2, -0.15) is 5.10 Å². The first-order valence-corrected chi connectivity index (χ1v) is 4.25. The Bertz CT molecular complexity index is 326. The molecule has 1 rings (SSSR count). The monoisotopic (exact) mass is 219 g/mol. The van der Waals surface area contributed by atoms with Gasteiger partial charge in [-0.3, -0.25) is 10.00 Å². The Kier molecular flexibility index (Phi) is 3.73. The molecule has 0 aliphatic carbocycles. The highest BCUT2D eigenvalue weighted by molar-refractivity contribution is 6.32. The molecule has 0 aliphatic rings. The fourth-order valence-electron chi connectivity index (χ4n) is 0.791. The van der Waals surface area contributed by atoms with Crippen molar-refractivity contribution >= 4 is 23.4 Å². The minimum Gasteiger partial charge on any atom is -0.447 e. The molecule has 0 bridgehead atoms. The van der Waals surface area contributed by atoms with Crippen LogP contribution in [0.2, 0.25) is 5.15 Å². The zero-order valence-electron chi connectivity index (χ0n) is 7.53. The van der Waals surface area contributed by atoms with Gasteiger partial charge in [0.2, 0.25) is 0 Å². The van der Waals surface area contributed by atoms with Gasteiger partial charge in [-0.15, -0.1) is 0 Å². The molecule has 0 fully saturated rings. The zero-order chi connectivity index (χ0) is 10.6. The molecule has 0 aliphatic heterocycles. The summed E-state index contributed by atoms with van der Waals surface area (Å²) in [5.41, 5.74) is 0.372. The number of carbonyl (C=O) groups is 1. The fraction of sp³-hybridized carbons (Fsp3) is 0.429. The first kappa shape index (κ1) is 10.8. The van der Waals surface area contributed by atoms with Crippen LogP contribution in [0.15, 0.2) is 6.20 Å². The number of nitrogens with zero attached hydrogens (tertiary/aromatic N) is 2. The first-order valence-electron chi connectivity index (χ1n) is 3.87. The number of aliphatic hydroxyl groups excluding tert-OH is 1. The quantitative estimate of drug-likeness (QED) is 0.781. The van der Waals surface area contributed by atoms with Crippen LogP contribution in [0.5, 0.6) is 0 Å². The molecule has 0 saturated heterocycles. The molecule has 1 aromatic heterocycles. The van der Waals surface area contributed by atoms with Crippen molar-refractivity contribution in [2.75, 3.05) is 18.5 Å². The van der Waals surface area contributed by atoms with Crippen molar-refractivity contribution in [1.82, 2.24) is 9.78 Å². The summed E-state index contributed by atoms with van der Waals surface area (Å²) in [5, 5.41) is 14.9. The lowest BCUT2D eigenvalue weighted by Gasteiger charge is -2.03. The molecule has 0 aromatic carbocycles. The van der Waals surface area contributed by atoms with Crippen molar-refractivity contribution in [2.45, 2.75) is 0 Å². The summed E-state index contributed by atoms with van der Waals surface area (Å²) in [6.45, 7) is -0.266. The van der Waals surface area contributed by atoms with E-state index in [2.05, 4.69) is 15.2 Å². The fourth-order valence-corrected chi connectivity index (χ4v) is 0.931. The van der Waals surface area contributed by atoms with Gasteiger partial charge >= 0.3 is 6.09 Å². The standard InChI is InChI=1S/C7H10ClN3O3/c1-11-6(8)5(4-9-11)10-7(13)14-3-2-12/h4,12H,2-3H2,1H3,(H,10,13). The molecule has 7 heteroatoms. The summed E-state index contributed by atoms with van der Waals surface area (Å²) < 4.78 is 5.97. The minimum atomic E-state index is -0.672. The normalized spacial score (nSPS) is 9.93. The van der Waals surface area contributed by atoms with Crippen LogP contribution < -0.4 is 5.32 Å². The largest absolute Gasteiger partial charge is 0.447 e. The number of aromatic nitrogens is 2. The van der Waals surface area contributed by atoms with Crippen molar-refractivity contribution in [2.24, 2.45) is 7.05 Å². The third kappa shape index (κ3) is 2.61. The van der Waals surface area contributed by atoms with Gasteiger partial charge in [0, 0.05) is 7.05 Å². The number of halogens is 1. The van der Waals surface area contributed by atoms with Gasteiger partial charge < -0.3 is 9.84 Å². The Labute approximate surface area is 85.4 Å². The highest BCUT2D eigenvalue weighted by atomic mass is 35.5. The van der Waals surface area contributed by atoms with Crippen LogP contribution in [-0.2, 0) is 11.8 Å². The number of carbonyl (C=O) groups excluding carboxylic acids is 1. The predicted octanol–water partition coefficient (Wildman–Crippen LogP) is 0.614. The molecule has 1 heterocycles. The number of rotatable bonds is 3. The van der Waals surface area contributed by atoms with Crippen LogP contribution >= 0.6 is 11.6 Å². The highest BCUT2D eigenvalue weighted by Gasteiger charge is 2.09. The summed E-state index contributed by atoms with van der Waals surface area (Å²) in [5.74, 6) is 0. The van der Waals surface area contributed by atoms with E-state index in [4.69, 9.17) is 16.7 Å². The third-order valence-corrected chi connectivity index (χ3v) is 1.88. The minimum absolute atomic E-state index is 0.0519. The second-order valence-corrected chi connectivity index (χ2v) is 2.82. The number of aryl methyl sites for hydroxylation is 1. The molecule has 0 spiro atoms. The molecule has 1 aromatic rings. The van der Waals surface area contributed by atoms with Crippen molar-refractivity contribution < 1.29 is 14.6 Å². The first-order chi connectivity index (χ1) is 6.65. The Morgan fingerprint density at radius 1 is 1.86 bits per heavy atom. The molecule has 0 unspecified atom stereocenters. The topological polar surface area (TPSA) is 76.4 Å². The van der Waals surface area contributed by atoms with Crippen LogP contribution in [0.25, 0.3) is 0 Å². The summed E-state index contributed by atoms with van der Waals surface area (Å²) in [4.78, 5) is 11.0. The predicted molar refractivity (Wildman–Crippen MR) is 50.3 cm³/mol. The highest BCUT2D eigenvalue weighted by Crippen LogP contribution is 2.19. The number of aliphatic hydroxyl groups is 1. The maximum atomic E-state index is 11.0. The van der Waals surface area contributed by atoms with E-state index in [9.17, 15) is 4.79 Å². The number of amides is 1. The molecule has 1 amide bonds. The van der Waals surface area contributed by atoms with Crippen LogP contribution in [0, 0.1) is 0 Å². The van der Waals surface area contributed by atoms with Gasteiger partial charge in [-0.1, -0.05) is 11.6 Å². The van der Waals surface area contributed by atoms with Crippen molar-refractivity contribution in [3.05, 3.63) is 11.3 Å². The number of anilines is 1. The number of ether oxygens (including phenoxy) is 1. The second-order valence-electron chi connectivity index (χ2n) is 2.46. The van der Waals surface area contributed by atoms with Gasteiger partial charge in [-0.25, -0.2) is 4.79 Å². The van der Waals surface area contributed by atoms with E-state index >= 15 is 0 Å². The maximum Gasteiger partial charge on any atom is 0.411 e. The van der Waals surface area contributed by atoms with E-state index < -0.39 is 6.09 Å². The Balaban J connectivity index is 2.52. The van der Waals surface area contributed by atoms with Crippen LogP contribution in [0.4, 0.5) is 10.5 Å². The van der Waals surface area contributed by atoms with Gasteiger partial charge in [0.05, 0.1) is 12.8 Å². The van der Waals surface area contributed by atoms with Crippen molar-refractivity contribution in [3.63, 3.8) is 0 Å².